The Morgan fingerprint density at radius 2 is 1.95 bits per heavy atom. The number of carbonyl (C=O) groups excluding carboxylic acids is 1. The normalized spacial score (nSPS) is 31.3. The molecule has 0 radical (unpaired) electrons. The van der Waals surface area contributed by atoms with Gasteiger partial charge in [-0.3, -0.25) is 9.00 Å². The minimum absolute atomic E-state index is 0.0728. The van der Waals surface area contributed by atoms with E-state index in [4.69, 9.17) is 16.3 Å². The van der Waals surface area contributed by atoms with Crippen molar-refractivity contribution in [1.29, 1.82) is 0 Å². The van der Waals surface area contributed by atoms with Crippen molar-refractivity contribution in [1.82, 2.24) is 0 Å². The van der Waals surface area contributed by atoms with Gasteiger partial charge in [0.25, 0.3) is 5.91 Å². The molecule has 2 aromatic carbocycles. The molecule has 6 atom stereocenters. The van der Waals surface area contributed by atoms with Crippen LogP contribution in [0.2, 0.25) is 5.02 Å². The molecular weight excluding hydrogens is 532 g/mol. The fourth-order valence-corrected chi connectivity index (χ4v) is 7.07. The number of hydrogen-bond acceptors (Lipinski definition) is 5. The van der Waals surface area contributed by atoms with Crippen molar-refractivity contribution in [2.75, 3.05) is 18.1 Å². The maximum Gasteiger partial charge on any atom is 0.284 e. The first-order valence-electron chi connectivity index (χ1n) is 14.2. The molecule has 1 fully saturated rings. The zero-order chi connectivity index (χ0) is 27.5. The fourth-order valence-electron chi connectivity index (χ4n) is 5.84. The van der Waals surface area contributed by atoms with Crippen molar-refractivity contribution < 1.29 is 18.8 Å². The number of halogens is 1. The van der Waals surface area contributed by atoms with Crippen molar-refractivity contribution in [3.63, 3.8) is 0 Å². The fraction of sp³-hybridized carbons (Fsp3) is 0.516. The second-order valence-corrected chi connectivity index (χ2v) is 13.4. The summed E-state index contributed by atoms with van der Waals surface area (Å²) in [6.45, 7) is 5.83. The summed E-state index contributed by atoms with van der Waals surface area (Å²) in [4.78, 5) is 15.5. The van der Waals surface area contributed by atoms with Gasteiger partial charge in [0, 0.05) is 39.5 Å². The van der Waals surface area contributed by atoms with Crippen LogP contribution in [0.3, 0.4) is 0 Å². The van der Waals surface area contributed by atoms with E-state index >= 15 is 0 Å². The minimum Gasteiger partial charge on any atom is -0.491 e. The van der Waals surface area contributed by atoms with Crippen LogP contribution in [-0.2, 0) is 23.6 Å². The van der Waals surface area contributed by atoms with Gasteiger partial charge >= 0.3 is 0 Å². The number of benzene rings is 2. The number of amides is 1. The van der Waals surface area contributed by atoms with E-state index in [0.717, 1.165) is 55.1 Å². The highest BCUT2D eigenvalue weighted by atomic mass is 35.5. The summed E-state index contributed by atoms with van der Waals surface area (Å²) in [5, 5.41) is 11.5. The summed E-state index contributed by atoms with van der Waals surface area (Å²) in [7, 11) is -2.08. The highest BCUT2D eigenvalue weighted by Crippen LogP contribution is 2.41. The average molecular weight is 571 g/mol. The van der Waals surface area contributed by atoms with Gasteiger partial charge in [-0.25, -0.2) is 0 Å². The Bertz CT molecular complexity index is 1320. The highest BCUT2D eigenvalue weighted by Gasteiger charge is 2.37. The van der Waals surface area contributed by atoms with Crippen LogP contribution in [0.25, 0.3) is 0 Å². The topological polar surface area (TPSA) is 79.2 Å². The molecule has 0 aromatic heterocycles. The molecule has 210 valence electrons. The Kier molecular flexibility index (Phi) is 8.99. The Morgan fingerprint density at radius 1 is 1.10 bits per heavy atom. The van der Waals surface area contributed by atoms with Gasteiger partial charge in [0.2, 0.25) is 0 Å². The molecule has 8 heteroatoms. The highest BCUT2D eigenvalue weighted by molar-refractivity contribution is 7.76. The number of anilines is 1. The summed E-state index contributed by atoms with van der Waals surface area (Å²) in [5.74, 6) is 0.821. The molecule has 3 aliphatic rings. The molecule has 2 aromatic rings. The van der Waals surface area contributed by atoms with E-state index in [1.165, 1.54) is 11.1 Å². The first kappa shape index (κ1) is 28.2. The van der Waals surface area contributed by atoms with Gasteiger partial charge in [0.15, 0.2) is 0 Å². The third kappa shape index (κ3) is 6.53. The van der Waals surface area contributed by atoms with Crippen LogP contribution in [0.5, 0.6) is 5.75 Å². The number of aryl methyl sites for hydroxylation is 1. The van der Waals surface area contributed by atoms with Crippen molar-refractivity contribution in [3.8, 4) is 5.75 Å². The quantitative estimate of drug-likeness (QED) is 0.290. The summed E-state index contributed by atoms with van der Waals surface area (Å²) in [6, 6.07) is 11.5. The summed E-state index contributed by atoms with van der Waals surface area (Å²) < 4.78 is 23.4. The van der Waals surface area contributed by atoms with Crippen molar-refractivity contribution in [3.05, 3.63) is 70.3 Å². The largest absolute Gasteiger partial charge is 0.491 e. The molecule has 1 amide bonds. The molecule has 1 aliphatic carbocycles. The van der Waals surface area contributed by atoms with Gasteiger partial charge in [-0.1, -0.05) is 36.7 Å². The zero-order valence-electron chi connectivity index (χ0n) is 22.8. The van der Waals surface area contributed by atoms with E-state index in [-0.39, 0.29) is 17.1 Å². The second-order valence-electron chi connectivity index (χ2n) is 11.4. The number of aliphatic hydroxyl groups excluding tert-OH is 1. The maximum atomic E-state index is 13.2. The predicted octanol–water partition coefficient (Wildman–Crippen LogP) is 6.24. The number of nitrogens with zero attached hydrogens (tertiary/aromatic N) is 2. The number of carbonyl (C=O) groups is 1. The number of thiol groups is 1. The third-order valence-electron chi connectivity index (χ3n) is 8.75. The molecular formula is C31H39ClN2O4S. The molecule has 2 bridgehead atoms. The average Bonchev–Trinajstić information content (AvgIpc) is 2.92. The van der Waals surface area contributed by atoms with Gasteiger partial charge in [0.1, 0.15) is 5.75 Å². The van der Waals surface area contributed by atoms with Gasteiger partial charge in [-0.15, -0.1) is 0 Å². The maximum absolute atomic E-state index is 13.2. The molecule has 6 nitrogen and oxygen atoms in total. The minimum atomic E-state index is -2.08. The number of rotatable bonds is 0. The first-order valence-corrected chi connectivity index (χ1v) is 15.8. The Labute approximate surface area is 238 Å². The Balaban J connectivity index is 1.61. The number of hydrogen-bond donors (Lipinski definition) is 2. The molecule has 1 saturated carbocycles. The molecule has 1 unspecified atom stereocenters. The van der Waals surface area contributed by atoms with Crippen LogP contribution in [-0.4, -0.2) is 39.7 Å². The second kappa shape index (κ2) is 12.4. The van der Waals surface area contributed by atoms with E-state index in [9.17, 15) is 14.1 Å². The number of aliphatic hydroxyl groups is 1. The van der Waals surface area contributed by atoms with Crippen molar-refractivity contribution in [2.24, 2.45) is 22.1 Å². The van der Waals surface area contributed by atoms with Gasteiger partial charge in [0.05, 0.1) is 18.4 Å². The summed E-state index contributed by atoms with van der Waals surface area (Å²) in [5.41, 5.74) is 3.67. The predicted molar refractivity (Wildman–Crippen MR) is 158 cm³/mol. The van der Waals surface area contributed by atoms with E-state index in [0.29, 0.717) is 31.1 Å². The molecule has 2 aliphatic heterocycles. The molecule has 1 N–H and O–H groups in total. The number of allylic oxidation sites excluding steroid dienone is 1. The Morgan fingerprint density at radius 3 is 2.74 bits per heavy atom. The standard InChI is InChI=1S/C31H39ClN2O4S/c1-20-6-5-8-29(35)27-13-10-25(27)19-34-18-24-9-12-26(32)16-22(24)7-3-4-15-38-30-14-11-23(17-28(30)34)31(36)33-39(37)21(20)2/h5,8-9,11-12,14,16-17,20-21,25,27,29,35,39H,3-4,6-7,10,13,15,18-19H2,1-2H3/b8-5-/t20-,21+,25-,27+,29-/m0/s1. The smallest absolute Gasteiger partial charge is 0.284 e. The molecule has 5 rings (SSSR count). The van der Waals surface area contributed by atoms with Crippen molar-refractivity contribution in [2.45, 2.75) is 70.3 Å². The third-order valence-corrected chi connectivity index (χ3v) is 10.6. The molecule has 0 spiro atoms. The lowest BCUT2D eigenvalue weighted by Gasteiger charge is -2.42. The Hall–Kier alpha value is -2.35. The molecule has 2 heterocycles. The van der Waals surface area contributed by atoms with Crippen LogP contribution in [0.15, 0.2) is 52.9 Å². The van der Waals surface area contributed by atoms with Crippen LogP contribution in [0.1, 0.15) is 67.4 Å². The van der Waals surface area contributed by atoms with E-state index in [2.05, 4.69) is 21.4 Å². The lowest BCUT2D eigenvalue weighted by molar-refractivity contribution is 0.0459. The van der Waals surface area contributed by atoms with Gasteiger partial charge in [-0.2, -0.15) is 4.36 Å². The van der Waals surface area contributed by atoms with E-state index in [1.807, 2.05) is 44.2 Å². The van der Waals surface area contributed by atoms with Gasteiger partial charge in [-0.05, 0) is 105 Å². The summed E-state index contributed by atoms with van der Waals surface area (Å²) >= 11 is 6.38. The van der Waals surface area contributed by atoms with Crippen molar-refractivity contribution >= 4 is 33.8 Å². The lowest BCUT2D eigenvalue weighted by atomic mass is 9.70. The summed E-state index contributed by atoms with van der Waals surface area (Å²) in [6.07, 6.45) is 8.91. The first-order chi connectivity index (χ1) is 18.8. The lowest BCUT2D eigenvalue weighted by Crippen LogP contribution is -2.43. The van der Waals surface area contributed by atoms with Crippen LogP contribution >= 0.6 is 11.6 Å². The van der Waals surface area contributed by atoms with E-state index in [1.54, 1.807) is 6.07 Å². The van der Waals surface area contributed by atoms with Crippen LogP contribution < -0.4 is 9.64 Å². The molecule has 0 saturated heterocycles. The SMILES string of the molecule is C[C@@H]1[C@@H](C)C/C=C\[C@H](O)[C@@H]2CC[C@H]2CN2Cc3ccc(Cl)cc3CCCCOc3ccc(cc32)C(=O)/N=[SH]\1=O. The van der Waals surface area contributed by atoms with Crippen LogP contribution in [0.4, 0.5) is 5.69 Å². The number of ether oxygens (including phenoxy) is 1. The zero-order valence-corrected chi connectivity index (χ0v) is 24.4. The monoisotopic (exact) mass is 570 g/mol. The molecule has 39 heavy (non-hydrogen) atoms. The number of fused-ring (bicyclic) bond motifs is 3. The van der Waals surface area contributed by atoms with E-state index < -0.39 is 22.6 Å². The van der Waals surface area contributed by atoms with Gasteiger partial charge < -0.3 is 14.7 Å². The van der Waals surface area contributed by atoms with Crippen LogP contribution in [0, 0.1) is 17.8 Å².